The van der Waals surface area contributed by atoms with Gasteiger partial charge in [-0.15, -0.1) is 0 Å². The Hall–Kier alpha value is -3.82. The first-order valence-corrected chi connectivity index (χ1v) is 12.6. The molecule has 37 heavy (non-hydrogen) atoms. The summed E-state index contributed by atoms with van der Waals surface area (Å²) in [5, 5.41) is 10.4. The molecule has 3 aromatic heterocycles. The molecule has 0 radical (unpaired) electrons. The number of nitriles is 1. The van der Waals surface area contributed by atoms with Gasteiger partial charge in [0.15, 0.2) is 0 Å². The molecule has 7 nitrogen and oxygen atoms in total. The van der Waals surface area contributed by atoms with Crippen molar-refractivity contribution in [3.05, 3.63) is 71.3 Å². The first-order chi connectivity index (χ1) is 17.4. The van der Waals surface area contributed by atoms with E-state index in [1.165, 1.54) is 19.1 Å². The van der Waals surface area contributed by atoms with Crippen molar-refractivity contribution in [2.24, 2.45) is 0 Å². The fourth-order valence-electron chi connectivity index (χ4n) is 4.03. The van der Waals surface area contributed by atoms with Crippen molar-refractivity contribution < 1.29 is 26.0 Å². The van der Waals surface area contributed by atoms with Gasteiger partial charge < -0.3 is 0 Å². The zero-order valence-electron chi connectivity index (χ0n) is 19.9. The van der Waals surface area contributed by atoms with E-state index in [0.29, 0.717) is 35.6 Å². The zero-order chi connectivity index (χ0) is 27.1. The van der Waals surface area contributed by atoms with Gasteiger partial charge in [-0.3, -0.25) is 9.55 Å². The number of rotatable bonds is 6. The minimum Gasteiger partial charge on any atom is -0.291 e. The molecular formula is C25H21F4N5O2S. The van der Waals surface area contributed by atoms with Gasteiger partial charge in [-0.1, -0.05) is 13.0 Å². The van der Waals surface area contributed by atoms with E-state index in [-0.39, 0.29) is 22.6 Å². The maximum absolute atomic E-state index is 14.7. The van der Waals surface area contributed by atoms with Gasteiger partial charge in [-0.2, -0.15) is 23.2 Å². The number of aromatic nitrogens is 3. The second kappa shape index (κ2) is 9.57. The van der Waals surface area contributed by atoms with Crippen LogP contribution in [0.5, 0.6) is 0 Å². The van der Waals surface area contributed by atoms with Crippen LogP contribution in [0.3, 0.4) is 0 Å². The lowest BCUT2D eigenvalue weighted by Crippen LogP contribution is -2.43. The third-order valence-electron chi connectivity index (χ3n) is 5.90. The summed E-state index contributed by atoms with van der Waals surface area (Å²) in [6.45, 7) is 3.83. The van der Waals surface area contributed by atoms with E-state index in [0.717, 1.165) is 6.07 Å². The molecule has 1 N–H and O–H groups in total. The summed E-state index contributed by atoms with van der Waals surface area (Å²) in [4.78, 5) is 8.27. The molecule has 4 aromatic rings. The molecule has 3 heterocycles. The highest BCUT2D eigenvalue weighted by Crippen LogP contribution is 2.37. The van der Waals surface area contributed by atoms with Crippen LogP contribution in [0.15, 0.2) is 53.6 Å². The third-order valence-corrected chi connectivity index (χ3v) is 7.57. The smallest absolute Gasteiger partial charge is 0.291 e. The number of halogens is 4. The average molecular weight is 532 g/mol. The number of fused-ring (bicyclic) bond motifs is 1. The maximum atomic E-state index is 14.7. The van der Waals surface area contributed by atoms with E-state index >= 15 is 0 Å². The molecule has 1 atom stereocenters. The van der Waals surface area contributed by atoms with Crippen LogP contribution < -0.4 is 4.72 Å². The van der Waals surface area contributed by atoms with Gasteiger partial charge in [-0.05, 0) is 62.2 Å². The zero-order valence-corrected chi connectivity index (χ0v) is 20.7. The lowest BCUT2D eigenvalue weighted by Gasteiger charge is -2.18. The van der Waals surface area contributed by atoms with Crippen LogP contribution in [-0.4, -0.2) is 35.2 Å². The highest BCUT2D eigenvalue weighted by Gasteiger charge is 2.39. The van der Waals surface area contributed by atoms with E-state index < -0.39 is 33.0 Å². The molecule has 1 unspecified atom stereocenters. The predicted octanol–water partition coefficient (Wildman–Crippen LogP) is 5.20. The number of aryl methyl sites for hydroxylation is 2. The number of hydrogen-bond acceptors (Lipinski definition) is 5. The standard InChI is InChI=1S/C25H21F4N5O2S/c1-4-16-11-21-17(12-19(16)26)18(13-30)24(34(21)23-7-5-6-10-31-23)20-8-9-22(14(2)32-20)37(35,36)33-15(3)25(27,28)29/h5-12,15,33H,4H2,1-3H3. The molecule has 0 amide bonds. The van der Waals surface area contributed by atoms with Crippen molar-refractivity contribution in [1.82, 2.24) is 19.3 Å². The van der Waals surface area contributed by atoms with Crippen molar-refractivity contribution in [2.45, 2.75) is 44.3 Å². The fourth-order valence-corrected chi connectivity index (χ4v) is 5.44. The molecule has 192 valence electrons. The number of alkyl halides is 3. The van der Waals surface area contributed by atoms with Gasteiger partial charge in [0.1, 0.15) is 28.6 Å². The molecule has 12 heteroatoms. The number of benzene rings is 1. The van der Waals surface area contributed by atoms with Crippen molar-refractivity contribution in [1.29, 1.82) is 5.26 Å². The minimum absolute atomic E-state index is 0.0819. The van der Waals surface area contributed by atoms with Crippen LogP contribution in [-0.2, 0) is 16.4 Å². The lowest BCUT2D eigenvalue weighted by molar-refractivity contribution is -0.147. The summed E-state index contributed by atoms with van der Waals surface area (Å²) in [7, 11) is -4.56. The number of sulfonamides is 1. The summed E-state index contributed by atoms with van der Waals surface area (Å²) in [5.41, 5.74) is 1.34. The van der Waals surface area contributed by atoms with Crippen molar-refractivity contribution in [2.75, 3.05) is 0 Å². The first-order valence-electron chi connectivity index (χ1n) is 11.1. The number of pyridine rings is 2. The minimum atomic E-state index is -4.77. The summed E-state index contributed by atoms with van der Waals surface area (Å²) in [6, 6.07) is 10.2. The van der Waals surface area contributed by atoms with Crippen LogP contribution >= 0.6 is 0 Å². The lowest BCUT2D eigenvalue weighted by atomic mass is 10.1. The maximum Gasteiger partial charge on any atom is 0.404 e. The molecule has 0 saturated heterocycles. The Bertz CT molecular complexity index is 1640. The van der Waals surface area contributed by atoms with Gasteiger partial charge in [0.2, 0.25) is 10.0 Å². The third kappa shape index (κ3) is 4.80. The monoisotopic (exact) mass is 531 g/mol. The molecule has 0 aliphatic heterocycles. The molecule has 4 rings (SSSR count). The number of nitrogens with one attached hydrogen (secondary N) is 1. The Morgan fingerprint density at radius 1 is 1.19 bits per heavy atom. The normalized spacial score (nSPS) is 13.0. The average Bonchev–Trinajstić information content (AvgIpc) is 3.15. The number of nitrogens with zero attached hydrogens (tertiary/aromatic N) is 4. The van der Waals surface area contributed by atoms with E-state index in [9.17, 15) is 31.2 Å². The Balaban J connectivity index is 1.96. The van der Waals surface area contributed by atoms with E-state index in [1.807, 2.05) is 0 Å². The Kier molecular flexibility index (Phi) is 6.79. The Labute approximate surface area is 210 Å². The molecular weight excluding hydrogens is 510 g/mol. The molecule has 0 saturated carbocycles. The topological polar surface area (TPSA) is 101 Å². The van der Waals surface area contributed by atoms with Gasteiger partial charge >= 0.3 is 6.18 Å². The highest BCUT2D eigenvalue weighted by molar-refractivity contribution is 7.89. The van der Waals surface area contributed by atoms with E-state index in [2.05, 4.69) is 16.0 Å². The van der Waals surface area contributed by atoms with Crippen LogP contribution in [0, 0.1) is 24.1 Å². The quantitative estimate of drug-likeness (QED) is 0.345. The van der Waals surface area contributed by atoms with Crippen molar-refractivity contribution in [3.63, 3.8) is 0 Å². The largest absolute Gasteiger partial charge is 0.404 e. The SMILES string of the molecule is CCc1cc2c(cc1F)c(C#N)c(-c1ccc(S(=O)(=O)NC(C)C(F)(F)F)c(C)n1)n2-c1ccccn1. The van der Waals surface area contributed by atoms with Gasteiger partial charge in [-0.25, -0.2) is 17.8 Å². The Morgan fingerprint density at radius 2 is 1.92 bits per heavy atom. The highest BCUT2D eigenvalue weighted by atomic mass is 32.2. The molecule has 0 spiro atoms. The molecule has 0 aliphatic carbocycles. The molecule has 0 bridgehead atoms. The van der Waals surface area contributed by atoms with Crippen LogP contribution in [0.1, 0.15) is 30.7 Å². The van der Waals surface area contributed by atoms with Crippen LogP contribution in [0.4, 0.5) is 17.6 Å². The van der Waals surface area contributed by atoms with Crippen LogP contribution in [0.2, 0.25) is 0 Å². The number of hydrogen-bond donors (Lipinski definition) is 1. The van der Waals surface area contributed by atoms with Crippen molar-refractivity contribution in [3.8, 4) is 23.3 Å². The Morgan fingerprint density at radius 3 is 2.49 bits per heavy atom. The van der Waals surface area contributed by atoms with Gasteiger partial charge in [0, 0.05) is 11.6 Å². The van der Waals surface area contributed by atoms with Crippen molar-refractivity contribution >= 4 is 20.9 Å². The second-order valence-electron chi connectivity index (χ2n) is 8.34. The summed E-state index contributed by atoms with van der Waals surface area (Å²) in [6.07, 6.45) is -2.82. The van der Waals surface area contributed by atoms with E-state index in [4.69, 9.17) is 0 Å². The predicted molar refractivity (Wildman–Crippen MR) is 129 cm³/mol. The molecule has 0 fully saturated rings. The van der Waals surface area contributed by atoms with Gasteiger partial charge in [0.25, 0.3) is 0 Å². The summed E-state index contributed by atoms with van der Waals surface area (Å²) < 4.78 is 82.1. The first kappa shape index (κ1) is 26.2. The summed E-state index contributed by atoms with van der Waals surface area (Å²) in [5.74, 6) is -0.0684. The molecule has 1 aromatic carbocycles. The second-order valence-corrected chi connectivity index (χ2v) is 10.0. The van der Waals surface area contributed by atoms with Crippen LogP contribution in [0.25, 0.3) is 28.1 Å². The molecule has 0 aliphatic rings. The van der Waals surface area contributed by atoms with E-state index in [1.54, 1.807) is 46.7 Å². The fraction of sp³-hybridized carbons (Fsp3) is 0.240. The summed E-state index contributed by atoms with van der Waals surface area (Å²) >= 11 is 0. The van der Waals surface area contributed by atoms with Gasteiger partial charge in [0.05, 0.1) is 28.2 Å².